The van der Waals surface area contributed by atoms with Gasteiger partial charge in [0.1, 0.15) is 0 Å². The molecule has 1 aromatic heterocycles. The number of sulfone groups is 1. The van der Waals surface area contributed by atoms with Crippen LogP contribution >= 0.6 is 0 Å². The third kappa shape index (κ3) is 2.27. The summed E-state index contributed by atoms with van der Waals surface area (Å²) in [5.74, 6) is 0. The SMILES string of the molecule is O=S(=O)(c1ccccc1)c1ccc2c(n1)CCNC2. The molecule has 98 valence electrons. The minimum atomic E-state index is -3.50. The predicted octanol–water partition coefficient (Wildman–Crippen LogP) is 1.56. The van der Waals surface area contributed by atoms with Crippen LogP contribution in [-0.2, 0) is 22.8 Å². The van der Waals surface area contributed by atoms with E-state index in [4.69, 9.17) is 0 Å². The topological polar surface area (TPSA) is 59.1 Å². The van der Waals surface area contributed by atoms with E-state index >= 15 is 0 Å². The normalized spacial score (nSPS) is 14.9. The Morgan fingerprint density at radius 2 is 1.84 bits per heavy atom. The van der Waals surface area contributed by atoms with Gasteiger partial charge < -0.3 is 5.32 Å². The van der Waals surface area contributed by atoms with E-state index < -0.39 is 9.84 Å². The summed E-state index contributed by atoms with van der Waals surface area (Å²) < 4.78 is 24.9. The van der Waals surface area contributed by atoms with Crippen molar-refractivity contribution >= 4 is 9.84 Å². The van der Waals surface area contributed by atoms with Gasteiger partial charge >= 0.3 is 0 Å². The molecule has 0 saturated carbocycles. The van der Waals surface area contributed by atoms with E-state index in [1.807, 2.05) is 6.07 Å². The van der Waals surface area contributed by atoms with Crippen molar-refractivity contribution in [3.05, 3.63) is 53.7 Å². The highest BCUT2D eigenvalue weighted by Gasteiger charge is 2.21. The van der Waals surface area contributed by atoms with Gasteiger partial charge in [-0.1, -0.05) is 24.3 Å². The molecule has 2 heterocycles. The predicted molar refractivity (Wildman–Crippen MR) is 71.5 cm³/mol. The zero-order chi connectivity index (χ0) is 13.3. The van der Waals surface area contributed by atoms with E-state index in [0.29, 0.717) is 0 Å². The van der Waals surface area contributed by atoms with Crippen molar-refractivity contribution in [2.24, 2.45) is 0 Å². The lowest BCUT2D eigenvalue weighted by Crippen LogP contribution is -2.25. The van der Waals surface area contributed by atoms with Gasteiger partial charge in [-0.3, -0.25) is 0 Å². The maximum atomic E-state index is 12.4. The first-order chi connectivity index (χ1) is 9.18. The minimum Gasteiger partial charge on any atom is -0.312 e. The van der Waals surface area contributed by atoms with Crippen molar-refractivity contribution in [3.8, 4) is 0 Å². The smallest absolute Gasteiger partial charge is 0.223 e. The van der Waals surface area contributed by atoms with Crippen LogP contribution in [0.25, 0.3) is 0 Å². The second-order valence-corrected chi connectivity index (χ2v) is 6.40. The molecule has 3 rings (SSSR count). The van der Waals surface area contributed by atoms with Crippen molar-refractivity contribution < 1.29 is 8.42 Å². The van der Waals surface area contributed by atoms with E-state index in [0.717, 1.165) is 30.8 Å². The fraction of sp³-hybridized carbons (Fsp3) is 0.214. The van der Waals surface area contributed by atoms with Crippen LogP contribution in [0.2, 0.25) is 0 Å². The summed E-state index contributed by atoms with van der Waals surface area (Å²) in [4.78, 5) is 4.62. The maximum absolute atomic E-state index is 12.4. The van der Waals surface area contributed by atoms with E-state index in [1.54, 1.807) is 36.4 Å². The van der Waals surface area contributed by atoms with Gasteiger partial charge in [-0.2, -0.15) is 0 Å². The third-order valence-electron chi connectivity index (χ3n) is 3.23. The summed E-state index contributed by atoms with van der Waals surface area (Å²) in [6.07, 6.45) is 0.771. The molecular formula is C14H14N2O2S. The van der Waals surface area contributed by atoms with Gasteiger partial charge in [0.15, 0.2) is 5.03 Å². The fourth-order valence-electron chi connectivity index (χ4n) is 2.19. The van der Waals surface area contributed by atoms with Crippen LogP contribution in [0.3, 0.4) is 0 Å². The maximum Gasteiger partial charge on any atom is 0.223 e. The van der Waals surface area contributed by atoms with Crippen LogP contribution in [0, 0.1) is 0 Å². The Bertz CT molecular complexity index is 697. The monoisotopic (exact) mass is 274 g/mol. The summed E-state index contributed by atoms with van der Waals surface area (Å²) >= 11 is 0. The van der Waals surface area contributed by atoms with E-state index in [9.17, 15) is 8.42 Å². The molecule has 0 radical (unpaired) electrons. The number of hydrogen-bond donors (Lipinski definition) is 1. The molecule has 2 aromatic rings. The van der Waals surface area contributed by atoms with Gasteiger partial charge in [-0.25, -0.2) is 13.4 Å². The lowest BCUT2D eigenvalue weighted by Gasteiger charge is -2.16. The highest BCUT2D eigenvalue weighted by Crippen LogP contribution is 2.21. The molecule has 19 heavy (non-hydrogen) atoms. The summed E-state index contributed by atoms with van der Waals surface area (Å²) in [5, 5.41) is 3.38. The van der Waals surface area contributed by atoms with Crippen LogP contribution < -0.4 is 5.32 Å². The summed E-state index contributed by atoms with van der Waals surface area (Å²) in [6, 6.07) is 11.9. The Balaban J connectivity index is 2.07. The van der Waals surface area contributed by atoms with Gasteiger partial charge in [-0.05, 0) is 23.8 Å². The number of aromatic nitrogens is 1. The van der Waals surface area contributed by atoms with Crippen molar-refractivity contribution in [3.63, 3.8) is 0 Å². The molecule has 0 saturated heterocycles. The molecular weight excluding hydrogens is 260 g/mol. The first-order valence-corrected chi connectivity index (χ1v) is 7.66. The van der Waals surface area contributed by atoms with Crippen LogP contribution in [0.1, 0.15) is 11.3 Å². The Morgan fingerprint density at radius 1 is 1.05 bits per heavy atom. The van der Waals surface area contributed by atoms with Gasteiger partial charge in [-0.15, -0.1) is 0 Å². The van der Waals surface area contributed by atoms with Crippen LogP contribution in [-0.4, -0.2) is 19.9 Å². The molecule has 1 aliphatic heterocycles. The first-order valence-electron chi connectivity index (χ1n) is 6.17. The number of benzene rings is 1. The first kappa shape index (κ1) is 12.3. The quantitative estimate of drug-likeness (QED) is 0.903. The highest BCUT2D eigenvalue weighted by molar-refractivity contribution is 7.91. The van der Waals surface area contributed by atoms with Crippen LogP contribution in [0.4, 0.5) is 0 Å². The zero-order valence-electron chi connectivity index (χ0n) is 10.3. The van der Waals surface area contributed by atoms with Gasteiger partial charge in [0.2, 0.25) is 9.84 Å². The summed E-state index contributed by atoms with van der Waals surface area (Å²) in [5.41, 5.74) is 1.97. The average Bonchev–Trinajstić information content (AvgIpc) is 2.47. The van der Waals surface area contributed by atoms with E-state index in [2.05, 4.69) is 10.3 Å². The highest BCUT2D eigenvalue weighted by atomic mass is 32.2. The second kappa shape index (κ2) is 4.75. The molecule has 0 fully saturated rings. The Hall–Kier alpha value is -1.72. The molecule has 1 aliphatic rings. The van der Waals surface area contributed by atoms with Gasteiger partial charge in [0, 0.05) is 25.2 Å². The van der Waals surface area contributed by atoms with E-state index in [-0.39, 0.29) is 9.92 Å². The lowest BCUT2D eigenvalue weighted by molar-refractivity contribution is 0.586. The molecule has 1 N–H and O–H groups in total. The zero-order valence-corrected chi connectivity index (χ0v) is 11.2. The molecule has 0 unspecified atom stereocenters. The van der Waals surface area contributed by atoms with Gasteiger partial charge in [0.05, 0.1) is 4.90 Å². The second-order valence-electron chi connectivity index (χ2n) is 4.50. The average molecular weight is 274 g/mol. The van der Waals surface area contributed by atoms with Crippen LogP contribution in [0.5, 0.6) is 0 Å². The Morgan fingerprint density at radius 3 is 2.63 bits per heavy atom. The minimum absolute atomic E-state index is 0.138. The van der Waals surface area contributed by atoms with E-state index in [1.165, 1.54) is 0 Å². The third-order valence-corrected chi connectivity index (χ3v) is 4.90. The van der Waals surface area contributed by atoms with Crippen molar-refractivity contribution in [2.75, 3.05) is 6.54 Å². The van der Waals surface area contributed by atoms with Crippen LogP contribution in [0.15, 0.2) is 52.4 Å². The van der Waals surface area contributed by atoms with Crippen molar-refractivity contribution in [2.45, 2.75) is 22.9 Å². The fourth-order valence-corrected chi connectivity index (χ4v) is 3.42. The molecule has 0 bridgehead atoms. The number of pyridine rings is 1. The Labute approximate surface area is 112 Å². The number of nitrogens with zero attached hydrogens (tertiary/aromatic N) is 1. The molecule has 0 aliphatic carbocycles. The molecule has 1 aromatic carbocycles. The molecule has 4 nitrogen and oxygen atoms in total. The van der Waals surface area contributed by atoms with Crippen molar-refractivity contribution in [1.82, 2.24) is 10.3 Å². The standard InChI is InChI=1S/C14H14N2O2S/c17-19(18,12-4-2-1-3-5-12)14-7-6-11-10-15-9-8-13(11)16-14/h1-7,15H,8-10H2. The van der Waals surface area contributed by atoms with Crippen molar-refractivity contribution in [1.29, 1.82) is 0 Å². The Kier molecular flexibility index (Phi) is 3.08. The molecule has 0 amide bonds. The molecule has 0 atom stereocenters. The lowest BCUT2D eigenvalue weighted by atomic mass is 10.1. The molecule has 5 heteroatoms. The number of fused-ring (bicyclic) bond motifs is 1. The summed E-state index contributed by atoms with van der Waals surface area (Å²) in [7, 11) is -3.50. The number of rotatable bonds is 2. The number of hydrogen-bond acceptors (Lipinski definition) is 4. The molecule has 0 spiro atoms. The largest absolute Gasteiger partial charge is 0.312 e. The number of nitrogens with one attached hydrogen (secondary N) is 1. The summed E-state index contributed by atoms with van der Waals surface area (Å²) in [6.45, 7) is 1.60. The van der Waals surface area contributed by atoms with Gasteiger partial charge in [0.25, 0.3) is 0 Å².